The van der Waals surface area contributed by atoms with Crippen molar-refractivity contribution in [2.24, 2.45) is 0 Å². The maximum Gasteiger partial charge on any atom is 0.336 e. The molecule has 0 atom stereocenters. The fourth-order valence-corrected chi connectivity index (χ4v) is 2.24. The molecule has 22 heavy (non-hydrogen) atoms. The molecule has 4 heteroatoms. The Labute approximate surface area is 129 Å². The largest absolute Gasteiger partial charge is 0.504 e. The van der Waals surface area contributed by atoms with Gasteiger partial charge in [0.25, 0.3) is 0 Å². The highest BCUT2D eigenvalue weighted by atomic mass is 16.5. The number of hydrogen-bond donors (Lipinski definition) is 2. The number of methoxy groups -OCH3 is 1. The average Bonchev–Trinajstić information content (AvgIpc) is 2.47. The third kappa shape index (κ3) is 3.28. The van der Waals surface area contributed by atoms with Crippen LogP contribution in [-0.2, 0) is 4.79 Å². The van der Waals surface area contributed by atoms with Crippen molar-refractivity contribution >= 4 is 17.6 Å². The minimum atomic E-state index is -1.01. The number of carbonyl (C=O) groups is 1. The van der Waals surface area contributed by atoms with Gasteiger partial charge in [0.15, 0.2) is 11.5 Å². The monoisotopic (exact) mass is 298 g/mol. The SMILES string of the molecule is COc1ccc(/C=C(\C(=O)O)c2cc(C)ccc2C)cc1O. The Morgan fingerprint density at radius 1 is 1.14 bits per heavy atom. The summed E-state index contributed by atoms with van der Waals surface area (Å²) in [7, 11) is 1.46. The molecule has 2 aromatic rings. The number of aryl methyl sites for hydroxylation is 2. The predicted molar refractivity (Wildman–Crippen MR) is 86.1 cm³/mol. The van der Waals surface area contributed by atoms with E-state index in [1.165, 1.54) is 13.2 Å². The van der Waals surface area contributed by atoms with E-state index in [0.29, 0.717) is 16.9 Å². The minimum Gasteiger partial charge on any atom is -0.504 e. The molecule has 2 N–H and O–H groups in total. The summed E-state index contributed by atoms with van der Waals surface area (Å²) in [5.74, 6) is -0.688. The number of carboxylic acid groups (broad SMARTS) is 1. The van der Waals surface area contributed by atoms with Gasteiger partial charge in [-0.25, -0.2) is 4.79 Å². The third-order valence-electron chi connectivity index (χ3n) is 3.43. The fourth-order valence-electron chi connectivity index (χ4n) is 2.24. The van der Waals surface area contributed by atoms with Gasteiger partial charge in [0, 0.05) is 0 Å². The predicted octanol–water partition coefficient (Wildman–Crippen LogP) is 3.64. The highest BCUT2D eigenvalue weighted by Crippen LogP contribution is 2.29. The maximum atomic E-state index is 11.6. The Balaban J connectivity index is 2.54. The van der Waals surface area contributed by atoms with Crippen LogP contribution in [0.1, 0.15) is 22.3 Å². The molecule has 0 saturated heterocycles. The van der Waals surface area contributed by atoms with Gasteiger partial charge < -0.3 is 14.9 Å². The standard InChI is InChI=1S/C18H18O4/c1-11-4-5-12(2)14(8-11)15(18(20)21)9-13-6-7-17(22-3)16(19)10-13/h4-10,19H,1-3H3,(H,20,21)/b15-9-. The van der Waals surface area contributed by atoms with Crippen molar-refractivity contribution in [1.29, 1.82) is 0 Å². The van der Waals surface area contributed by atoms with Crippen molar-refractivity contribution in [1.82, 2.24) is 0 Å². The van der Waals surface area contributed by atoms with E-state index < -0.39 is 5.97 Å². The molecule has 0 aromatic heterocycles. The lowest BCUT2D eigenvalue weighted by molar-refractivity contribution is -0.130. The third-order valence-corrected chi connectivity index (χ3v) is 3.43. The van der Waals surface area contributed by atoms with E-state index in [2.05, 4.69) is 0 Å². The van der Waals surface area contributed by atoms with Gasteiger partial charge in [-0.1, -0.05) is 29.8 Å². The van der Waals surface area contributed by atoms with Gasteiger partial charge in [0.1, 0.15) is 0 Å². The quantitative estimate of drug-likeness (QED) is 0.668. The number of phenols is 1. The summed E-state index contributed by atoms with van der Waals surface area (Å²) in [6.07, 6.45) is 1.54. The molecule has 0 spiro atoms. The Morgan fingerprint density at radius 3 is 2.45 bits per heavy atom. The first-order valence-electron chi connectivity index (χ1n) is 6.82. The van der Waals surface area contributed by atoms with Gasteiger partial charge in [-0.3, -0.25) is 0 Å². The van der Waals surface area contributed by atoms with Gasteiger partial charge in [0.05, 0.1) is 12.7 Å². The number of benzene rings is 2. The van der Waals surface area contributed by atoms with Crippen molar-refractivity contribution in [3.8, 4) is 11.5 Å². The van der Waals surface area contributed by atoms with Gasteiger partial charge in [-0.2, -0.15) is 0 Å². The van der Waals surface area contributed by atoms with Crippen LogP contribution in [0.15, 0.2) is 36.4 Å². The summed E-state index contributed by atoms with van der Waals surface area (Å²) in [5, 5.41) is 19.3. The van der Waals surface area contributed by atoms with E-state index in [1.54, 1.807) is 18.2 Å². The second-order valence-corrected chi connectivity index (χ2v) is 5.11. The van der Waals surface area contributed by atoms with Crippen LogP contribution in [0.2, 0.25) is 0 Å². The summed E-state index contributed by atoms with van der Waals surface area (Å²) in [6, 6.07) is 10.5. The lowest BCUT2D eigenvalue weighted by atomic mass is 9.96. The Kier molecular flexibility index (Phi) is 4.51. The topological polar surface area (TPSA) is 66.8 Å². The first kappa shape index (κ1) is 15.6. The zero-order chi connectivity index (χ0) is 16.3. The van der Waals surface area contributed by atoms with Crippen molar-refractivity contribution < 1.29 is 19.7 Å². The zero-order valence-electron chi connectivity index (χ0n) is 12.8. The fraction of sp³-hybridized carbons (Fsp3) is 0.167. The molecule has 0 amide bonds. The molecule has 0 bridgehead atoms. The van der Waals surface area contributed by atoms with Crippen LogP contribution in [0.5, 0.6) is 11.5 Å². The lowest BCUT2D eigenvalue weighted by Crippen LogP contribution is -2.02. The summed E-state index contributed by atoms with van der Waals surface area (Å²) >= 11 is 0. The molecule has 2 aromatic carbocycles. The minimum absolute atomic E-state index is 0.0260. The summed E-state index contributed by atoms with van der Waals surface area (Å²) < 4.78 is 4.98. The molecule has 2 rings (SSSR count). The summed E-state index contributed by atoms with van der Waals surface area (Å²) in [6.45, 7) is 3.79. The average molecular weight is 298 g/mol. The number of phenolic OH excluding ortho intramolecular Hbond substituents is 1. The summed E-state index contributed by atoms with van der Waals surface area (Å²) in [4.78, 5) is 11.6. The molecule has 114 valence electrons. The molecule has 0 aliphatic carbocycles. The van der Waals surface area contributed by atoms with Crippen molar-refractivity contribution in [2.45, 2.75) is 13.8 Å². The zero-order valence-corrected chi connectivity index (χ0v) is 12.8. The number of aliphatic carboxylic acids is 1. The van der Waals surface area contributed by atoms with Crippen molar-refractivity contribution in [2.75, 3.05) is 7.11 Å². The highest BCUT2D eigenvalue weighted by Gasteiger charge is 2.14. The molecule has 0 radical (unpaired) electrons. The molecular weight excluding hydrogens is 280 g/mol. The van der Waals surface area contributed by atoms with Crippen LogP contribution in [0, 0.1) is 13.8 Å². The Bertz CT molecular complexity index is 745. The Morgan fingerprint density at radius 2 is 1.86 bits per heavy atom. The van der Waals surface area contributed by atoms with Crippen LogP contribution >= 0.6 is 0 Å². The molecule has 0 fully saturated rings. The van der Waals surface area contributed by atoms with E-state index >= 15 is 0 Å². The van der Waals surface area contributed by atoms with E-state index in [1.807, 2.05) is 32.0 Å². The molecule has 0 heterocycles. The number of aromatic hydroxyl groups is 1. The molecule has 0 saturated carbocycles. The van der Waals surface area contributed by atoms with Crippen molar-refractivity contribution in [3.63, 3.8) is 0 Å². The smallest absolute Gasteiger partial charge is 0.336 e. The van der Waals surface area contributed by atoms with Crippen LogP contribution in [0.25, 0.3) is 11.6 Å². The van der Waals surface area contributed by atoms with E-state index in [0.717, 1.165) is 11.1 Å². The van der Waals surface area contributed by atoms with Crippen molar-refractivity contribution in [3.05, 3.63) is 58.7 Å². The van der Waals surface area contributed by atoms with E-state index in [9.17, 15) is 15.0 Å². The van der Waals surface area contributed by atoms with Crippen LogP contribution in [0.4, 0.5) is 0 Å². The molecule has 0 aliphatic heterocycles. The van der Waals surface area contributed by atoms with Crippen LogP contribution in [0.3, 0.4) is 0 Å². The number of ether oxygens (including phenoxy) is 1. The molecular formula is C18H18O4. The van der Waals surface area contributed by atoms with Gasteiger partial charge >= 0.3 is 5.97 Å². The van der Waals surface area contributed by atoms with E-state index in [-0.39, 0.29) is 11.3 Å². The maximum absolute atomic E-state index is 11.6. The van der Waals surface area contributed by atoms with Gasteiger partial charge in [0.2, 0.25) is 0 Å². The van der Waals surface area contributed by atoms with E-state index in [4.69, 9.17) is 4.74 Å². The first-order valence-corrected chi connectivity index (χ1v) is 6.82. The highest BCUT2D eigenvalue weighted by molar-refractivity contribution is 6.21. The molecule has 4 nitrogen and oxygen atoms in total. The molecule has 0 unspecified atom stereocenters. The van der Waals surface area contributed by atoms with Crippen LogP contribution < -0.4 is 4.74 Å². The summed E-state index contributed by atoms with van der Waals surface area (Å²) in [5.41, 5.74) is 3.33. The number of hydrogen-bond acceptors (Lipinski definition) is 3. The van der Waals surface area contributed by atoms with Gasteiger partial charge in [-0.05, 0) is 48.7 Å². The number of carboxylic acids is 1. The normalized spacial score (nSPS) is 11.3. The first-order chi connectivity index (χ1) is 10.4. The second kappa shape index (κ2) is 6.35. The van der Waals surface area contributed by atoms with Crippen LogP contribution in [-0.4, -0.2) is 23.3 Å². The number of rotatable bonds is 4. The molecule has 0 aliphatic rings. The second-order valence-electron chi connectivity index (χ2n) is 5.11. The van der Waals surface area contributed by atoms with Gasteiger partial charge in [-0.15, -0.1) is 0 Å². The Hall–Kier alpha value is -2.75. The lowest BCUT2D eigenvalue weighted by Gasteiger charge is -2.09.